The predicted molar refractivity (Wildman–Crippen MR) is 123 cm³/mol. The Hall–Kier alpha value is -3.43. The molecule has 0 unspecified atom stereocenters. The molecule has 1 spiro atoms. The molecule has 0 aromatic heterocycles. The van der Waals surface area contributed by atoms with Crippen LogP contribution in [0.15, 0.2) is 42.5 Å². The first-order chi connectivity index (χ1) is 16.3. The molecule has 0 saturated carbocycles. The fourth-order valence-corrected chi connectivity index (χ4v) is 5.69. The minimum Gasteiger partial charge on any atom is -0.497 e. The Balaban J connectivity index is 1.56. The molecular weight excluding hydrogens is 460 g/mol. The Morgan fingerprint density at radius 1 is 1.15 bits per heavy atom. The minimum atomic E-state index is -1.46. The SMILES string of the molecule is COc1ccc(CN2C(=O)[C@H]3[C@@H](C2=O)[C@]2(N[C@@H]3CCC(N)=O)C(=O)Nc3c(Cl)cccc32)cc1. The molecular formula is C24H23ClN4O5. The lowest BCUT2D eigenvalue weighted by Gasteiger charge is -2.29. The third kappa shape index (κ3) is 3.19. The van der Waals surface area contributed by atoms with Crippen LogP contribution >= 0.6 is 11.6 Å². The van der Waals surface area contributed by atoms with Gasteiger partial charge < -0.3 is 15.8 Å². The number of hydrogen-bond donors (Lipinski definition) is 3. The first-order valence-electron chi connectivity index (χ1n) is 10.9. The Morgan fingerprint density at radius 2 is 1.88 bits per heavy atom. The number of nitrogens with one attached hydrogen (secondary N) is 2. The van der Waals surface area contributed by atoms with Gasteiger partial charge in [-0.05, 0) is 30.2 Å². The van der Waals surface area contributed by atoms with Crippen molar-refractivity contribution in [3.63, 3.8) is 0 Å². The summed E-state index contributed by atoms with van der Waals surface area (Å²) in [5, 5.41) is 6.38. The van der Waals surface area contributed by atoms with Gasteiger partial charge in [0, 0.05) is 18.0 Å². The van der Waals surface area contributed by atoms with Crippen molar-refractivity contribution in [3.8, 4) is 5.75 Å². The molecule has 4 N–H and O–H groups in total. The van der Waals surface area contributed by atoms with Crippen molar-refractivity contribution < 1.29 is 23.9 Å². The van der Waals surface area contributed by atoms with E-state index in [4.69, 9.17) is 22.1 Å². The molecule has 0 bridgehead atoms. The van der Waals surface area contributed by atoms with E-state index in [0.29, 0.717) is 22.0 Å². The summed E-state index contributed by atoms with van der Waals surface area (Å²) in [6.45, 7) is 0.0668. The highest BCUT2D eigenvalue weighted by molar-refractivity contribution is 6.35. The first kappa shape index (κ1) is 22.4. The molecule has 10 heteroatoms. The van der Waals surface area contributed by atoms with E-state index in [-0.39, 0.29) is 25.3 Å². The number of para-hydroxylation sites is 1. The molecule has 2 saturated heterocycles. The van der Waals surface area contributed by atoms with Gasteiger partial charge in [-0.3, -0.25) is 29.4 Å². The number of rotatable bonds is 6. The Kier molecular flexibility index (Phi) is 5.33. The molecule has 4 amide bonds. The van der Waals surface area contributed by atoms with E-state index in [2.05, 4.69) is 10.6 Å². The van der Waals surface area contributed by atoms with Gasteiger partial charge in [0.15, 0.2) is 0 Å². The number of methoxy groups -OCH3 is 1. The topological polar surface area (TPSA) is 131 Å². The maximum Gasteiger partial charge on any atom is 0.250 e. The second-order valence-corrected chi connectivity index (χ2v) is 9.20. The number of carbonyl (C=O) groups is 4. The van der Waals surface area contributed by atoms with Crippen LogP contribution < -0.4 is 21.1 Å². The molecule has 176 valence electrons. The summed E-state index contributed by atoms with van der Waals surface area (Å²) in [7, 11) is 1.55. The van der Waals surface area contributed by atoms with E-state index in [1.54, 1.807) is 49.6 Å². The number of hydrogen-bond acceptors (Lipinski definition) is 6. The zero-order chi connectivity index (χ0) is 24.2. The molecule has 2 fully saturated rings. The molecule has 5 rings (SSSR count). The first-order valence-corrected chi connectivity index (χ1v) is 11.3. The number of primary amides is 1. The third-order valence-electron chi connectivity index (χ3n) is 6.99. The molecule has 4 atom stereocenters. The standard InChI is InChI=1S/C24H23ClN4O5/c1-34-13-7-5-12(6-8-13)11-29-21(31)18-16(9-10-17(26)30)28-24(19(18)22(29)32)14-3-2-4-15(25)20(14)27-23(24)33/h2-8,16,18-19,28H,9-11H2,1H3,(H2,26,30)(H,27,33)/t16-,18-,19+,24+/m1/s1. The fourth-order valence-electron chi connectivity index (χ4n) is 5.47. The number of benzene rings is 2. The van der Waals surface area contributed by atoms with Gasteiger partial charge in [-0.1, -0.05) is 35.9 Å². The molecule has 3 aliphatic heterocycles. The van der Waals surface area contributed by atoms with Gasteiger partial charge in [0.25, 0.3) is 0 Å². The summed E-state index contributed by atoms with van der Waals surface area (Å²) in [6, 6.07) is 11.5. The lowest BCUT2D eigenvalue weighted by Crippen LogP contribution is -2.53. The number of ether oxygens (including phenoxy) is 1. The van der Waals surface area contributed by atoms with Gasteiger partial charge in [0.05, 0.1) is 36.2 Å². The molecule has 9 nitrogen and oxygen atoms in total. The van der Waals surface area contributed by atoms with Crippen LogP contribution in [0.2, 0.25) is 5.02 Å². The van der Waals surface area contributed by atoms with Gasteiger partial charge in [0.1, 0.15) is 11.3 Å². The third-order valence-corrected chi connectivity index (χ3v) is 7.31. The number of halogens is 1. The van der Waals surface area contributed by atoms with Gasteiger partial charge in [0.2, 0.25) is 23.6 Å². The number of amides is 4. The number of nitrogens with zero attached hydrogens (tertiary/aromatic N) is 1. The average molecular weight is 483 g/mol. The van der Waals surface area contributed by atoms with Gasteiger partial charge in [-0.15, -0.1) is 0 Å². The monoisotopic (exact) mass is 482 g/mol. The van der Waals surface area contributed by atoms with Crippen LogP contribution in [0, 0.1) is 11.8 Å². The summed E-state index contributed by atoms with van der Waals surface area (Å²) in [5.74, 6) is -2.93. The molecule has 0 aliphatic carbocycles. The second-order valence-electron chi connectivity index (χ2n) is 8.79. The zero-order valence-electron chi connectivity index (χ0n) is 18.3. The summed E-state index contributed by atoms with van der Waals surface area (Å²) in [4.78, 5) is 53.4. The summed E-state index contributed by atoms with van der Waals surface area (Å²) < 4.78 is 5.17. The van der Waals surface area contributed by atoms with Crippen LogP contribution in [0.25, 0.3) is 0 Å². The second kappa shape index (κ2) is 8.11. The fraction of sp³-hybridized carbons (Fsp3) is 0.333. The van der Waals surface area contributed by atoms with E-state index < -0.39 is 41.1 Å². The van der Waals surface area contributed by atoms with Crippen LogP contribution in [-0.4, -0.2) is 41.7 Å². The predicted octanol–water partition coefficient (Wildman–Crippen LogP) is 1.53. The highest BCUT2D eigenvalue weighted by Gasteiger charge is 2.70. The summed E-state index contributed by atoms with van der Waals surface area (Å²) in [6.07, 6.45) is 0.234. The Labute approximate surface area is 200 Å². The van der Waals surface area contributed by atoms with E-state index in [1.807, 2.05) is 0 Å². The number of carbonyl (C=O) groups excluding carboxylic acids is 4. The maximum absolute atomic E-state index is 13.7. The Morgan fingerprint density at radius 3 is 2.56 bits per heavy atom. The van der Waals surface area contributed by atoms with Crippen LogP contribution in [0.1, 0.15) is 24.0 Å². The molecule has 2 aromatic carbocycles. The van der Waals surface area contributed by atoms with Crippen LogP contribution in [-0.2, 0) is 31.3 Å². The zero-order valence-corrected chi connectivity index (χ0v) is 19.1. The quantitative estimate of drug-likeness (QED) is 0.535. The van der Waals surface area contributed by atoms with Crippen molar-refractivity contribution in [2.45, 2.75) is 31.0 Å². The van der Waals surface area contributed by atoms with E-state index in [9.17, 15) is 19.2 Å². The van der Waals surface area contributed by atoms with Crippen molar-refractivity contribution in [2.75, 3.05) is 12.4 Å². The highest BCUT2D eigenvalue weighted by atomic mass is 35.5. The number of anilines is 1. The molecule has 0 radical (unpaired) electrons. The van der Waals surface area contributed by atoms with Gasteiger partial charge >= 0.3 is 0 Å². The lowest BCUT2D eigenvalue weighted by atomic mass is 9.76. The summed E-state index contributed by atoms with van der Waals surface area (Å²) >= 11 is 6.33. The van der Waals surface area contributed by atoms with Crippen molar-refractivity contribution in [3.05, 3.63) is 58.6 Å². The number of nitrogens with two attached hydrogens (primary N) is 1. The van der Waals surface area contributed by atoms with Crippen LogP contribution in [0.4, 0.5) is 5.69 Å². The molecule has 3 aliphatic rings. The minimum absolute atomic E-state index is 0.0148. The largest absolute Gasteiger partial charge is 0.497 e. The van der Waals surface area contributed by atoms with Crippen molar-refractivity contribution >= 4 is 40.9 Å². The summed E-state index contributed by atoms with van der Waals surface area (Å²) in [5.41, 5.74) is 5.58. The van der Waals surface area contributed by atoms with Crippen LogP contribution in [0.5, 0.6) is 5.75 Å². The van der Waals surface area contributed by atoms with Crippen LogP contribution in [0.3, 0.4) is 0 Å². The van der Waals surface area contributed by atoms with Crippen molar-refractivity contribution in [1.29, 1.82) is 0 Å². The van der Waals surface area contributed by atoms with E-state index >= 15 is 0 Å². The maximum atomic E-state index is 13.7. The molecule has 34 heavy (non-hydrogen) atoms. The molecule has 3 heterocycles. The molecule has 2 aromatic rings. The number of fused-ring (bicyclic) bond motifs is 4. The van der Waals surface area contributed by atoms with Crippen molar-refractivity contribution in [1.82, 2.24) is 10.2 Å². The number of imide groups is 1. The van der Waals surface area contributed by atoms with E-state index in [1.165, 1.54) is 4.90 Å². The number of likely N-dealkylation sites (tertiary alicyclic amines) is 1. The van der Waals surface area contributed by atoms with E-state index in [0.717, 1.165) is 5.56 Å². The Bertz CT molecular complexity index is 1220. The van der Waals surface area contributed by atoms with Crippen molar-refractivity contribution in [2.24, 2.45) is 17.6 Å². The highest BCUT2D eigenvalue weighted by Crippen LogP contribution is 2.54. The van der Waals surface area contributed by atoms with Gasteiger partial charge in [-0.2, -0.15) is 0 Å². The smallest absolute Gasteiger partial charge is 0.250 e. The average Bonchev–Trinajstić information content (AvgIpc) is 3.40. The van der Waals surface area contributed by atoms with Gasteiger partial charge in [-0.25, -0.2) is 0 Å². The lowest BCUT2D eigenvalue weighted by molar-refractivity contribution is -0.143. The normalized spacial score (nSPS) is 27.2.